The van der Waals surface area contributed by atoms with E-state index in [1.165, 1.54) is 17.3 Å². The minimum atomic E-state index is -0.0121. The van der Waals surface area contributed by atoms with Gasteiger partial charge in [-0.15, -0.1) is 0 Å². The van der Waals surface area contributed by atoms with E-state index in [1.54, 1.807) is 6.20 Å². The monoisotopic (exact) mass is 280 g/mol. The summed E-state index contributed by atoms with van der Waals surface area (Å²) in [6.07, 6.45) is 4.12. The van der Waals surface area contributed by atoms with Crippen LogP contribution < -0.4 is 5.32 Å². The summed E-state index contributed by atoms with van der Waals surface area (Å²) in [7, 11) is 0. The molecule has 0 unspecified atom stereocenters. The van der Waals surface area contributed by atoms with Gasteiger partial charge in [-0.25, -0.2) is 9.97 Å². The highest BCUT2D eigenvalue weighted by Gasteiger charge is 2.20. The van der Waals surface area contributed by atoms with Gasteiger partial charge in [0.2, 0.25) is 0 Å². The summed E-state index contributed by atoms with van der Waals surface area (Å²) in [5, 5.41) is 12.0. The van der Waals surface area contributed by atoms with Gasteiger partial charge in [-0.2, -0.15) is 5.26 Å². The highest BCUT2D eigenvalue weighted by molar-refractivity contribution is 5.36. The number of benzene rings is 1. The van der Waals surface area contributed by atoms with Gasteiger partial charge < -0.3 is 5.32 Å². The van der Waals surface area contributed by atoms with Crippen molar-refractivity contribution >= 4 is 5.82 Å². The zero-order valence-corrected chi connectivity index (χ0v) is 12.7. The van der Waals surface area contributed by atoms with E-state index in [0.717, 1.165) is 13.0 Å². The van der Waals surface area contributed by atoms with Crippen LogP contribution in [0.1, 0.15) is 37.6 Å². The molecule has 1 heterocycles. The molecular formula is C17H20N4. The van der Waals surface area contributed by atoms with Crippen LogP contribution in [0.5, 0.6) is 0 Å². The zero-order chi connectivity index (χ0) is 15.3. The molecule has 2 aromatic rings. The SMILES string of the molecule is CCc1ccc(C(C)(C)CNc2cnc(C#N)cn2)cc1. The lowest BCUT2D eigenvalue weighted by Gasteiger charge is -2.26. The van der Waals surface area contributed by atoms with Gasteiger partial charge >= 0.3 is 0 Å². The molecule has 2 rings (SSSR count). The molecule has 4 heteroatoms. The Morgan fingerprint density at radius 3 is 2.38 bits per heavy atom. The molecule has 0 atom stereocenters. The third-order valence-electron chi connectivity index (χ3n) is 3.62. The molecule has 0 radical (unpaired) electrons. The molecule has 0 aliphatic rings. The maximum atomic E-state index is 8.71. The molecule has 21 heavy (non-hydrogen) atoms. The van der Waals surface area contributed by atoms with Gasteiger partial charge in [0.1, 0.15) is 11.9 Å². The first-order valence-corrected chi connectivity index (χ1v) is 7.10. The van der Waals surface area contributed by atoms with Crippen molar-refractivity contribution < 1.29 is 0 Å². The fourth-order valence-corrected chi connectivity index (χ4v) is 2.08. The number of anilines is 1. The van der Waals surface area contributed by atoms with Crippen molar-refractivity contribution in [1.82, 2.24) is 9.97 Å². The van der Waals surface area contributed by atoms with E-state index >= 15 is 0 Å². The predicted molar refractivity (Wildman–Crippen MR) is 84.1 cm³/mol. The minimum absolute atomic E-state index is 0.0121. The molecule has 0 spiro atoms. The van der Waals surface area contributed by atoms with E-state index in [1.807, 2.05) is 6.07 Å². The Bertz CT molecular complexity index is 621. The van der Waals surface area contributed by atoms with Crippen LogP contribution in [0.25, 0.3) is 0 Å². The number of hydrogen-bond donors (Lipinski definition) is 1. The second kappa shape index (κ2) is 6.36. The van der Waals surface area contributed by atoms with E-state index in [-0.39, 0.29) is 5.41 Å². The molecule has 108 valence electrons. The third kappa shape index (κ3) is 3.79. The van der Waals surface area contributed by atoms with Crippen LogP contribution in [0.3, 0.4) is 0 Å². The van der Waals surface area contributed by atoms with Crippen LogP contribution in [-0.2, 0) is 11.8 Å². The van der Waals surface area contributed by atoms with Crippen molar-refractivity contribution in [1.29, 1.82) is 5.26 Å². The zero-order valence-electron chi connectivity index (χ0n) is 12.7. The largest absolute Gasteiger partial charge is 0.368 e. The van der Waals surface area contributed by atoms with E-state index in [9.17, 15) is 0 Å². The van der Waals surface area contributed by atoms with Crippen LogP contribution in [0, 0.1) is 11.3 Å². The van der Waals surface area contributed by atoms with Crippen molar-refractivity contribution in [3.8, 4) is 6.07 Å². The molecule has 0 amide bonds. The van der Waals surface area contributed by atoms with Gasteiger partial charge in [0.15, 0.2) is 5.69 Å². The second-order valence-corrected chi connectivity index (χ2v) is 5.69. The lowest BCUT2D eigenvalue weighted by atomic mass is 9.84. The van der Waals surface area contributed by atoms with Crippen LogP contribution in [-0.4, -0.2) is 16.5 Å². The number of aromatic nitrogens is 2. The number of aryl methyl sites for hydroxylation is 1. The molecule has 0 bridgehead atoms. The lowest BCUT2D eigenvalue weighted by molar-refractivity contribution is 0.556. The Hall–Kier alpha value is -2.41. The normalized spacial score (nSPS) is 11.0. The molecule has 1 N–H and O–H groups in total. The maximum absolute atomic E-state index is 8.71. The van der Waals surface area contributed by atoms with E-state index in [0.29, 0.717) is 11.5 Å². The second-order valence-electron chi connectivity index (χ2n) is 5.69. The van der Waals surface area contributed by atoms with Crippen molar-refractivity contribution in [2.75, 3.05) is 11.9 Å². The Balaban J connectivity index is 2.03. The maximum Gasteiger partial charge on any atom is 0.158 e. The van der Waals surface area contributed by atoms with Crippen LogP contribution in [0.15, 0.2) is 36.7 Å². The summed E-state index contributed by atoms with van der Waals surface area (Å²) in [5.41, 5.74) is 2.95. The highest BCUT2D eigenvalue weighted by Crippen LogP contribution is 2.24. The average Bonchev–Trinajstić information content (AvgIpc) is 2.53. The van der Waals surface area contributed by atoms with Crippen molar-refractivity contribution in [3.05, 3.63) is 53.5 Å². The standard InChI is InChI=1S/C17H20N4/c1-4-13-5-7-14(8-6-13)17(2,3)12-21-16-11-19-15(9-18)10-20-16/h5-8,10-11H,4,12H2,1-3H3,(H,20,21). The molecule has 0 saturated carbocycles. The van der Waals surface area contributed by atoms with E-state index in [2.05, 4.69) is 60.3 Å². The molecule has 0 fully saturated rings. The van der Waals surface area contributed by atoms with Gasteiger partial charge in [-0.05, 0) is 17.5 Å². The third-order valence-corrected chi connectivity index (χ3v) is 3.62. The molecule has 1 aromatic carbocycles. The minimum Gasteiger partial charge on any atom is -0.368 e. The summed E-state index contributed by atoms with van der Waals surface area (Å²) in [5.74, 6) is 0.687. The fourth-order valence-electron chi connectivity index (χ4n) is 2.08. The van der Waals surface area contributed by atoms with Gasteiger partial charge in [0.25, 0.3) is 0 Å². The van der Waals surface area contributed by atoms with Crippen LogP contribution in [0.4, 0.5) is 5.82 Å². The number of nitriles is 1. The molecular weight excluding hydrogens is 260 g/mol. The first-order chi connectivity index (χ1) is 10.0. The van der Waals surface area contributed by atoms with E-state index in [4.69, 9.17) is 5.26 Å². The Labute approximate surface area is 125 Å². The summed E-state index contributed by atoms with van der Waals surface area (Å²) < 4.78 is 0. The molecule has 0 saturated heterocycles. The van der Waals surface area contributed by atoms with Gasteiger partial charge in [0, 0.05) is 12.0 Å². The first-order valence-electron chi connectivity index (χ1n) is 7.10. The molecule has 4 nitrogen and oxygen atoms in total. The molecule has 1 aromatic heterocycles. The number of rotatable bonds is 5. The highest BCUT2D eigenvalue weighted by atomic mass is 15.0. The Kier molecular flexibility index (Phi) is 4.54. The van der Waals surface area contributed by atoms with E-state index < -0.39 is 0 Å². The van der Waals surface area contributed by atoms with Crippen molar-refractivity contribution in [2.45, 2.75) is 32.6 Å². The Morgan fingerprint density at radius 1 is 1.14 bits per heavy atom. The first kappa shape index (κ1) is 15.0. The fraction of sp³-hybridized carbons (Fsp3) is 0.353. The summed E-state index contributed by atoms with van der Waals surface area (Å²) in [6.45, 7) is 7.29. The van der Waals surface area contributed by atoms with Crippen LogP contribution >= 0.6 is 0 Å². The average molecular weight is 280 g/mol. The molecule has 0 aliphatic heterocycles. The van der Waals surface area contributed by atoms with Gasteiger partial charge in [-0.1, -0.05) is 45.0 Å². The number of hydrogen-bond acceptors (Lipinski definition) is 4. The smallest absolute Gasteiger partial charge is 0.158 e. The van der Waals surface area contributed by atoms with Crippen molar-refractivity contribution in [3.63, 3.8) is 0 Å². The van der Waals surface area contributed by atoms with Crippen molar-refractivity contribution in [2.24, 2.45) is 0 Å². The van der Waals surface area contributed by atoms with Crippen LogP contribution in [0.2, 0.25) is 0 Å². The quantitative estimate of drug-likeness (QED) is 0.912. The summed E-state index contributed by atoms with van der Waals surface area (Å²) in [4.78, 5) is 8.18. The number of nitrogens with one attached hydrogen (secondary N) is 1. The molecule has 0 aliphatic carbocycles. The summed E-state index contributed by atoms with van der Waals surface area (Å²) in [6, 6.07) is 10.7. The summed E-state index contributed by atoms with van der Waals surface area (Å²) >= 11 is 0. The topological polar surface area (TPSA) is 61.6 Å². The van der Waals surface area contributed by atoms with Gasteiger partial charge in [-0.3, -0.25) is 0 Å². The number of nitrogens with zero attached hydrogens (tertiary/aromatic N) is 3. The lowest BCUT2D eigenvalue weighted by Crippen LogP contribution is -2.28. The van der Waals surface area contributed by atoms with Gasteiger partial charge in [0.05, 0.1) is 12.4 Å². The Morgan fingerprint density at radius 2 is 1.86 bits per heavy atom. The predicted octanol–water partition coefficient (Wildman–Crippen LogP) is 3.30.